The lowest BCUT2D eigenvalue weighted by Gasteiger charge is -2.20. The molecule has 1 aliphatic carbocycles. The Morgan fingerprint density at radius 3 is 2.70 bits per heavy atom. The molecule has 0 saturated carbocycles. The molecule has 0 amide bonds. The molecule has 3 heterocycles. The average molecular weight is 450 g/mol. The molecule has 1 saturated heterocycles. The number of aromatic nitrogens is 4. The number of hydrogen-bond donors (Lipinski definition) is 3. The van der Waals surface area contributed by atoms with E-state index in [4.69, 9.17) is 0 Å². The van der Waals surface area contributed by atoms with Gasteiger partial charge in [0.05, 0.1) is 34.1 Å². The van der Waals surface area contributed by atoms with Crippen LogP contribution in [0.5, 0.6) is 0 Å². The molecule has 1 fully saturated rings. The molecule has 8 nitrogen and oxygen atoms in total. The van der Waals surface area contributed by atoms with Crippen LogP contribution in [0.3, 0.4) is 0 Å². The van der Waals surface area contributed by atoms with Crippen molar-refractivity contribution in [2.45, 2.75) is 46.1 Å². The summed E-state index contributed by atoms with van der Waals surface area (Å²) in [6, 6.07) is 5.31. The highest BCUT2D eigenvalue weighted by molar-refractivity contribution is 5.92. The summed E-state index contributed by atoms with van der Waals surface area (Å²) < 4.78 is 1.65. The van der Waals surface area contributed by atoms with E-state index in [1.54, 1.807) is 41.1 Å². The molecule has 1 aromatic carbocycles. The van der Waals surface area contributed by atoms with Crippen LogP contribution in [0, 0.1) is 0 Å². The van der Waals surface area contributed by atoms with E-state index in [0.29, 0.717) is 27.9 Å². The molecule has 3 N–H and O–H groups in total. The van der Waals surface area contributed by atoms with Gasteiger partial charge in [0.2, 0.25) is 0 Å². The summed E-state index contributed by atoms with van der Waals surface area (Å²) in [5, 5.41) is 13.8. The molecule has 2 aromatic heterocycles. The van der Waals surface area contributed by atoms with Crippen molar-refractivity contribution < 1.29 is 5.11 Å². The van der Waals surface area contributed by atoms with Gasteiger partial charge < -0.3 is 15.0 Å². The van der Waals surface area contributed by atoms with Crippen molar-refractivity contribution in [1.82, 2.24) is 24.6 Å². The van der Waals surface area contributed by atoms with Crippen molar-refractivity contribution >= 4 is 17.0 Å². The standard InChI is InChI=1S/C23H25N5O3.C2H6/c1-14(13-27-10-2-3-11-27)28-23(31)17-8-5-7-16(20(17)26-28)21-22(30)25-18-9-4-6-15(29)12-19(18)24-21;1-2/h4-9,14,26,29H,2-3,10-13H2,1H3,(H,25,30);1-2H3. The van der Waals surface area contributed by atoms with Gasteiger partial charge in [0.15, 0.2) is 0 Å². The number of benzene rings is 1. The summed E-state index contributed by atoms with van der Waals surface area (Å²) >= 11 is 0. The average Bonchev–Trinajstić information content (AvgIpc) is 3.40. The van der Waals surface area contributed by atoms with Gasteiger partial charge in [-0.2, -0.15) is 0 Å². The smallest absolute Gasteiger partial charge is 0.275 e. The molecule has 0 spiro atoms. The zero-order chi connectivity index (χ0) is 23.5. The second kappa shape index (κ2) is 9.62. The fourth-order valence-electron chi connectivity index (χ4n) is 4.52. The number of fused-ring (bicyclic) bond motifs is 2. The van der Waals surface area contributed by atoms with Crippen LogP contribution in [-0.2, 0) is 6.42 Å². The molecule has 1 aliphatic heterocycles. The summed E-state index contributed by atoms with van der Waals surface area (Å²) in [5.74, 6) is 0.175. The van der Waals surface area contributed by atoms with E-state index in [9.17, 15) is 14.7 Å². The van der Waals surface area contributed by atoms with E-state index in [-0.39, 0.29) is 35.0 Å². The number of likely N-dealkylation sites (tertiary alicyclic amines) is 1. The Hall–Kier alpha value is -3.39. The van der Waals surface area contributed by atoms with Gasteiger partial charge >= 0.3 is 0 Å². The molecule has 1 atom stereocenters. The number of nitrogens with one attached hydrogen (secondary N) is 2. The van der Waals surface area contributed by atoms with Crippen molar-refractivity contribution in [3.63, 3.8) is 0 Å². The third-order valence-electron chi connectivity index (χ3n) is 6.08. The topological polar surface area (TPSA) is 107 Å². The molecule has 1 unspecified atom stereocenters. The molecule has 0 radical (unpaired) electrons. The number of aliphatic hydroxyl groups excluding tert-OH is 1. The fourth-order valence-corrected chi connectivity index (χ4v) is 4.52. The quantitative estimate of drug-likeness (QED) is 0.562. The first-order chi connectivity index (χ1) is 16.0. The molecule has 174 valence electrons. The van der Waals surface area contributed by atoms with E-state index in [2.05, 4.69) is 20.0 Å². The third kappa shape index (κ3) is 4.43. The van der Waals surface area contributed by atoms with Crippen molar-refractivity contribution in [2.24, 2.45) is 0 Å². The Bertz CT molecular complexity index is 1320. The predicted molar refractivity (Wildman–Crippen MR) is 132 cm³/mol. The normalized spacial score (nSPS) is 16.6. The second-order valence-corrected chi connectivity index (χ2v) is 8.34. The van der Waals surface area contributed by atoms with Crippen molar-refractivity contribution in [2.75, 3.05) is 19.6 Å². The number of aliphatic hydroxyl groups is 1. The first-order valence-corrected chi connectivity index (χ1v) is 11.7. The van der Waals surface area contributed by atoms with Crippen molar-refractivity contribution in [3.05, 3.63) is 68.2 Å². The lowest BCUT2D eigenvalue weighted by atomic mass is 10.1. The number of para-hydroxylation sites is 1. The summed E-state index contributed by atoms with van der Waals surface area (Å²) in [6.45, 7) is 8.96. The van der Waals surface area contributed by atoms with Crippen LogP contribution in [0.1, 0.15) is 51.0 Å². The SMILES string of the molecule is CC.CC(CN1CCCC1)n1[nH]c2c(-c3nc4c([nH]c3=O)C=CC=C(O)C4)cccc2c1=O. The molecular weight excluding hydrogens is 418 g/mol. The van der Waals surface area contributed by atoms with E-state index in [1.807, 2.05) is 20.8 Å². The number of H-pyrrole nitrogens is 2. The maximum atomic E-state index is 13.1. The maximum absolute atomic E-state index is 13.1. The lowest BCUT2D eigenvalue weighted by Crippen LogP contribution is -2.31. The van der Waals surface area contributed by atoms with Gasteiger partial charge in [-0.3, -0.25) is 14.7 Å². The summed E-state index contributed by atoms with van der Waals surface area (Å²) in [4.78, 5) is 35.7. The van der Waals surface area contributed by atoms with E-state index >= 15 is 0 Å². The maximum Gasteiger partial charge on any atom is 0.275 e. The number of rotatable bonds is 4. The van der Waals surface area contributed by atoms with Crippen LogP contribution < -0.4 is 11.1 Å². The largest absolute Gasteiger partial charge is 0.512 e. The highest BCUT2D eigenvalue weighted by Gasteiger charge is 2.21. The highest BCUT2D eigenvalue weighted by atomic mass is 16.3. The van der Waals surface area contributed by atoms with Crippen LogP contribution in [-0.4, -0.2) is 49.4 Å². The van der Waals surface area contributed by atoms with Gasteiger partial charge in [-0.25, -0.2) is 9.67 Å². The van der Waals surface area contributed by atoms with Gasteiger partial charge in [-0.05, 0) is 51.1 Å². The fraction of sp³-hybridized carbons (Fsp3) is 0.400. The zero-order valence-corrected chi connectivity index (χ0v) is 19.4. The first-order valence-electron chi connectivity index (χ1n) is 11.7. The number of nitrogens with zero attached hydrogens (tertiary/aromatic N) is 3. The molecular formula is C25H31N5O3. The van der Waals surface area contributed by atoms with Crippen LogP contribution in [0.25, 0.3) is 28.2 Å². The molecule has 8 heteroatoms. The number of hydrogen-bond acceptors (Lipinski definition) is 5. The highest BCUT2D eigenvalue weighted by Crippen LogP contribution is 2.25. The minimum atomic E-state index is -0.337. The number of aromatic amines is 2. The Labute approximate surface area is 192 Å². The van der Waals surface area contributed by atoms with Crippen LogP contribution >= 0.6 is 0 Å². The van der Waals surface area contributed by atoms with Crippen molar-refractivity contribution in [1.29, 1.82) is 0 Å². The van der Waals surface area contributed by atoms with Gasteiger partial charge in [0.1, 0.15) is 5.69 Å². The summed E-state index contributed by atoms with van der Waals surface area (Å²) in [6.07, 6.45) is 7.61. The van der Waals surface area contributed by atoms with Crippen molar-refractivity contribution in [3.8, 4) is 11.3 Å². The van der Waals surface area contributed by atoms with Crippen LogP contribution in [0.4, 0.5) is 0 Å². The Morgan fingerprint density at radius 1 is 1.18 bits per heavy atom. The molecule has 5 rings (SSSR count). The van der Waals surface area contributed by atoms with Crippen LogP contribution in [0.15, 0.2) is 45.7 Å². The molecule has 33 heavy (non-hydrogen) atoms. The second-order valence-electron chi connectivity index (χ2n) is 8.34. The Kier molecular flexibility index (Phi) is 6.65. The minimum absolute atomic E-state index is 0.0173. The van der Waals surface area contributed by atoms with Gasteiger partial charge in [0.25, 0.3) is 11.1 Å². The van der Waals surface area contributed by atoms with E-state index < -0.39 is 0 Å². The molecule has 0 bridgehead atoms. The Balaban J connectivity index is 0.00000126. The monoisotopic (exact) mass is 449 g/mol. The zero-order valence-electron chi connectivity index (χ0n) is 19.4. The Morgan fingerprint density at radius 2 is 1.94 bits per heavy atom. The van der Waals surface area contributed by atoms with Gasteiger partial charge in [-0.15, -0.1) is 0 Å². The van der Waals surface area contributed by atoms with Gasteiger partial charge in [0, 0.05) is 18.5 Å². The lowest BCUT2D eigenvalue weighted by molar-refractivity contribution is 0.275. The minimum Gasteiger partial charge on any atom is -0.512 e. The van der Waals surface area contributed by atoms with E-state index in [1.165, 1.54) is 12.8 Å². The third-order valence-corrected chi connectivity index (χ3v) is 6.08. The van der Waals surface area contributed by atoms with E-state index in [0.717, 1.165) is 19.6 Å². The summed E-state index contributed by atoms with van der Waals surface area (Å²) in [7, 11) is 0. The molecule has 2 aliphatic rings. The first kappa shape index (κ1) is 22.8. The number of allylic oxidation sites excluding steroid dienone is 3. The van der Waals surface area contributed by atoms with Gasteiger partial charge in [-0.1, -0.05) is 32.1 Å². The molecule has 3 aromatic rings. The predicted octanol–water partition coefficient (Wildman–Crippen LogP) is 3.77. The summed E-state index contributed by atoms with van der Waals surface area (Å²) in [5.41, 5.74) is 2.12. The van der Waals surface area contributed by atoms with Crippen LogP contribution in [0.2, 0.25) is 0 Å².